The van der Waals surface area contributed by atoms with Gasteiger partial charge in [-0.3, -0.25) is 9.59 Å². The molecule has 126 valence electrons. The minimum absolute atomic E-state index is 0.0168. The molecule has 3 N–H and O–H groups in total. The van der Waals surface area contributed by atoms with Crippen LogP contribution in [0.15, 0.2) is 30.3 Å². The van der Waals surface area contributed by atoms with Crippen LogP contribution in [-0.2, 0) is 4.79 Å². The molecule has 0 aliphatic heterocycles. The zero-order valence-corrected chi connectivity index (χ0v) is 14.3. The third-order valence-corrected chi connectivity index (χ3v) is 5.31. The lowest BCUT2D eigenvalue weighted by Crippen LogP contribution is -2.46. The summed E-state index contributed by atoms with van der Waals surface area (Å²) >= 11 is 1.36. The number of carbonyl (C=O) groups is 2. The summed E-state index contributed by atoms with van der Waals surface area (Å²) in [4.78, 5) is 24.1. The summed E-state index contributed by atoms with van der Waals surface area (Å²) in [5.74, 6) is 1.19. The Labute approximate surface area is 142 Å². The Balaban J connectivity index is 1.70. The summed E-state index contributed by atoms with van der Waals surface area (Å²) in [6.45, 7) is 0.490. The third kappa shape index (κ3) is 5.99. The molecule has 1 atom stereocenters. The Morgan fingerprint density at radius 3 is 2.48 bits per heavy atom. The number of amides is 1. The number of Topliss-reactive ketones (excluding diaryl/α,β-unsaturated/α-hetero) is 1. The van der Waals surface area contributed by atoms with Crippen LogP contribution < -0.4 is 11.1 Å². The number of hydrogen-bond donors (Lipinski definition) is 2. The van der Waals surface area contributed by atoms with Crippen molar-refractivity contribution >= 4 is 23.5 Å². The minimum Gasteiger partial charge on any atom is -0.351 e. The van der Waals surface area contributed by atoms with E-state index in [1.807, 2.05) is 18.2 Å². The van der Waals surface area contributed by atoms with Gasteiger partial charge in [0.25, 0.3) is 0 Å². The molecule has 1 aromatic rings. The highest BCUT2D eigenvalue weighted by Crippen LogP contribution is 2.26. The van der Waals surface area contributed by atoms with E-state index in [0.29, 0.717) is 29.5 Å². The van der Waals surface area contributed by atoms with Crippen molar-refractivity contribution in [1.82, 2.24) is 5.32 Å². The summed E-state index contributed by atoms with van der Waals surface area (Å²) in [5, 5.41) is 3.05. The van der Waals surface area contributed by atoms with Crippen LogP contribution in [0.4, 0.5) is 0 Å². The minimum atomic E-state index is -0.0168. The molecule has 5 heteroatoms. The van der Waals surface area contributed by atoms with E-state index in [0.717, 1.165) is 12.8 Å². The second kappa shape index (κ2) is 9.73. The fourth-order valence-electron chi connectivity index (χ4n) is 3.10. The molecule has 0 saturated heterocycles. The Morgan fingerprint density at radius 1 is 1.13 bits per heavy atom. The van der Waals surface area contributed by atoms with Crippen LogP contribution in [-0.4, -0.2) is 35.8 Å². The van der Waals surface area contributed by atoms with Crippen molar-refractivity contribution in [2.75, 3.05) is 18.1 Å². The first kappa shape index (κ1) is 18.0. The molecular weight excluding hydrogens is 308 g/mol. The zero-order chi connectivity index (χ0) is 16.5. The Hall–Kier alpha value is -1.33. The van der Waals surface area contributed by atoms with Crippen molar-refractivity contribution in [3.05, 3.63) is 35.9 Å². The first-order valence-electron chi connectivity index (χ1n) is 8.36. The lowest BCUT2D eigenvalue weighted by Gasteiger charge is -2.30. The van der Waals surface area contributed by atoms with Crippen molar-refractivity contribution in [2.45, 2.75) is 38.1 Å². The normalized spacial score (nSPS) is 16.7. The Bertz CT molecular complexity index is 501. The maximum absolute atomic E-state index is 12.1. The van der Waals surface area contributed by atoms with Gasteiger partial charge in [0, 0.05) is 18.2 Å². The van der Waals surface area contributed by atoms with Crippen LogP contribution in [0, 0.1) is 5.92 Å². The van der Waals surface area contributed by atoms with Gasteiger partial charge in [-0.05, 0) is 18.8 Å². The molecule has 1 aromatic carbocycles. The van der Waals surface area contributed by atoms with Gasteiger partial charge in [-0.2, -0.15) is 0 Å². The molecule has 0 aromatic heterocycles. The number of benzene rings is 1. The van der Waals surface area contributed by atoms with E-state index in [4.69, 9.17) is 5.73 Å². The van der Waals surface area contributed by atoms with Gasteiger partial charge in [0.15, 0.2) is 5.78 Å². The quantitative estimate of drug-likeness (QED) is 0.717. The summed E-state index contributed by atoms with van der Waals surface area (Å²) in [6.07, 6.45) is 6.07. The first-order chi connectivity index (χ1) is 11.2. The van der Waals surface area contributed by atoms with Gasteiger partial charge in [-0.1, -0.05) is 49.6 Å². The molecular formula is C18H26N2O2S. The molecule has 0 radical (unpaired) electrons. The highest BCUT2D eigenvalue weighted by atomic mass is 32.2. The molecule has 1 amide bonds. The maximum Gasteiger partial charge on any atom is 0.230 e. The molecule has 1 aliphatic rings. The SMILES string of the molecule is NCC(NC(=O)CSCC(=O)c1ccccc1)C1CCCCC1. The van der Waals surface area contributed by atoms with E-state index in [1.54, 1.807) is 12.1 Å². The molecule has 1 saturated carbocycles. The van der Waals surface area contributed by atoms with Gasteiger partial charge < -0.3 is 11.1 Å². The fraction of sp³-hybridized carbons (Fsp3) is 0.556. The second-order valence-electron chi connectivity index (χ2n) is 6.09. The second-order valence-corrected chi connectivity index (χ2v) is 7.08. The van der Waals surface area contributed by atoms with Gasteiger partial charge in [-0.15, -0.1) is 11.8 Å². The number of ketones is 1. The molecule has 1 fully saturated rings. The van der Waals surface area contributed by atoms with Crippen LogP contribution in [0.5, 0.6) is 0 Å². The summed E-state index contributed by atoms with van der Waals surface area (Å²) < 4.78 is 0. The molecule has 23 heavy (non-hydrogen) atoms. The van der Waals surface area contributed by atoms with Crippen molar-refractivity contribution in [1.29, 1.82) is 0 Å². The first-order valence-corrected chi connectivity index (χ1v) is 9.51. The average molecular weight is 334 g/mol. The Kier molecular flexibility index (Phi) is 7.62. The lowest BCUT2D eigenvalue weighted by molar-refractivity contribution is -0.119. The Morgan fingerprint density at radius 2 is 1.83 bits per heavy atom. The van der Waals surface area contributed by atoms with Crippen molar-refractivity contribution < 1.29 is 9.59 Å². The van der Waals surface area contributed by atoms with Gasteiger partial charge in [0.1, 0.15) is 0 Å². The summed E-state index contributed by atoms with van der Waals surface area (Å²) in [7, 11) is 0. The zero-order valence-electron chi connectivity index (χ0n) is 13.5. The predicted octanol–water partition coefficient (Wildman–Crippen LogP) is 2.63. The van der Waals surface area contributed by atoms with Gasteiger partial charge in [0.2, 0.25) is 5.91 Å². The smallest absolute Gasteiger partial charge is 0.230 e. The van der Waals surface area contributed by atoms with Crippen molar-refractivity contribution in [2.24, 2.45) is 11.7 Å². The fourth-order valence-corrected chi connectivity index (χ4v) is 3.82. The average Bonchev–Trinajstić information content (AvgIpc) is 2.61. The standard InChI is InChI=1S/C18H26N2O2S/c19-11-16(14-7-3-1-4-8-14)20-18(22)13-23-12-17(21)15-9-5-2-6-10-15/h2,5-6,9-10,14,16H,1,3-4,7-8,11-13,19H2,(H,20,22). The molecule has 2 rings (SSSR count). The monoisotopic (exact) mass is 334 g/mol. The molecule has 1 aliphatic carbocycles. The number of carbonyl (C=O) groups excluding carboxylic acids is 2. The molecule has 1 unspecified atom stereocenters. The van der Waals surface area contributed by atoms with E-state index in [1.165, 1.54) is 31.0 Å². The van der Waals surface area contributed by atoms with Gasteiger partial charge in [-0.25, -0.2) is 0 Å². The molecule has 0 heterocycles. The van der Waals surface area contributed by atoms with Crippen molar-refractivity contribution in [3.8, 4) is 0 Å². The van der Waals surface area contributed by atoms with Gasteiger partial charge in [0.05, 0.1) is 11.5 Å². The number of thioether (sulfide) groups is 1. The van der Waals surface area contributed by atoms with Crippen LogP contribution in [0.1, 0.15) is 42.5 Å². The van der Waals surface area contributed by atoms with E-state index >= 15 is 0 Å². The van der Waals surface area contributed by atoms with Crippen LogP contribution in [0.2, 0.25) is 0 Å². The topological polar surface area (TPSA) is 72.2 Å². The van der Waals surface area contributed by atoms with E-state index in [-0.39, 0.29) is 17.7 Å². The van der Waals surface area contributed by atoms with E-state index in [9.17, 15) is 9.59 Å². The van der Waals surface area contributed by atoms with Crippen LogP contribution in [0.25, 0.3) is 0 Å². The van der Waals surface area contributed by atoms with Crippen LogP contribution >= 0.6 is 11.8 Å². The summed E-state index contributed by atoms with van der Waals surface area (Å²) in [5.41, 5.74) is 6.53. The van der Waals surface area contributed by atoms with E-state index in [2.05, 4.69) is 5.32 Å². The number of nitrogens with one attached hydrogen (secondary N) is 1. The summed E-state index contributed by atoms with van der Waals surface area (Å²) in [6, 6.07) is 9.26. The third-order valence-electron chi connectivity index (χ3n) is 4.38. The highest BCUT2D eigenvalue weighted by molar-refractivity contribution is 8.00. The van der Waals surface area contributed by atoms with Crippen molar-refractivity contribution in [3.63, 3.8) is 0 Å². The number of rotatable bonds is 8. The number of nitrogens with two attached hydrogens (primary N) is 1. The van der Waals surface area contributed by atoms with E-state index < -0.39 is 0 Å². The largest absolute Gasteiger partial charge is 0.351 e. The maximum atomic E-state index is 12.1. The molecule has 4 nitrogen and oxygen atoms in total. The predicted molar refractivity (Wildman–Crippen MR) is 95.7 cm³/mol. The number of hydrogen-bond acceptors (Lipinski definition) is 4. The lowest BCUT2D eigenvalue weighted by atomic mass is 9.84. The highest BCUT2D eigenvalue weighted by Gasteiger charge is 2.23. The van der Waals surface area contributed by atoms with Crippen LogP contribution in [0.3, 0.4) is 0 Å². The molecule has 0 bridgehead atoms. The van der Waals surface area contributed by atoms with Gasteiger partial charge >= 0.3 is 0 Å². The molecule has 0 spiro atoms.